The number of nitro benzene ring substituents is 2. The van der Waals surface area contributed by atoms with E-state index in [1.807, 2.05) is 0 Å². The fraction of sp³-hybridized carbons (Fsp3) is 0. The molecular weight excluding hydrogens is 466 g/mol. The Balaban J connectivity index is 1.56. The fourth-order valence-corrected chi connectivity index (χ4v) is 3.73. The first-order valence-electron chi connectivity index (χ1n) is 9.57. The van der Waals surface area contributed by atoms with E-state index < -0.39 is 50.8 Å². The summed E-state index contributed by atoms with van der Waals surface area (Å²) < 4.78 is 0. The smallest absolute Gasteiger partial charge is 0.270 e. The van der Waals surface area contributed by atoms with Gasteiger partial charge in [-0.15, -0.1) is 0 Å². The largest absolute Gasteiger partial charge is 0.383 e. The van der Waals surface area contributed by atoms with Crippen molar-refractivity contribution >= 4 is 52.6 Å². The molecule has 0 radical (unpaired) electrons. The van der Waals surface area contributed by atoms with Crippen LogP contribution in [0.15, 0.2) is 42.5 Å². The number of aromatic nitrogens is 2. The second-order valence-electron chi connectivity index (χ2n) is 7.32. The Morgan fingerprint density at radius 1 is 0.657 bits per heavy atom. The molecule has 2 aliphatic heterocycles. The molecule has 172 valence electrons. The summed E-state index contributed by atoms with van der Waals surface area (Å²) in [6, 6.07) is 7.26. The van der Waals surface area contributed by atoms with Crippen LogP contribution in [0.2, 0.25) is 0 Å². The zero-order valence-corrected chi connectivity index (χ0v) is 17.1. The molecule has 0 spiro atoms. The molecule has 0 saturated carbocycles. The molecular formula is C20H9N7O8. The van der Waals surface area contributed by atoms with E-state index >= 15 is 0 Å². The third-order valence-corrected chi connectivity index (χ3v) is 5.31. The number of non-ortho nitro benzene ring substituents is 2. The van der Waals surface area contributed by atoms with Crippen LogP contribution in [-0.4, -0.2) is 43.4 Å². The van der Waals surface area contributed by atoms with Gasteiger partial charge in [0.15, 0.2) is 5.82 Å². The fourth-order valence-electron chi connectivity index (χ4n) is 3.73. The Labute approximate surface area is 192 Å². The van der Waals surface area contributed by atoms with Crippen molar-refractivity contribution in [3.8, 4) is 0 Å². The number of hydrogen-bond acceptors (Lipinski definition) is 11. The highest BCUT2D eigenvalue weighted by Crippen LogP contribution is 2.33. The number of hydrogen-bond donors (Lipinski definition) is 1. The maximum Gasteiger partial charge on any atom is 0.270 e. The summed E-state index contributed by atoms with van der Waals surface area (Å²) in [6.07, 6.45) is 0. The Morgan fingerprint density at radius 2 is 1.11 bits per heavy atom. The van der Waals surface area contributed by atoms with Crippen molar-refractivity contribution in [2.24, 2.45) is 0 Å². The molecule has 2 aromatic carbocycles. The summed E-state index contributed by atoms with van der Waals surface area (Å²) in [7, 11) is 0. The third kappa shape index (κ3) is 3.06. The Morgan fingerprint density at radius 3 is 1.63 bits per heavy atom. The van der Waals surface area contributed by atoms with Crippen LogP contribution in [0.4, 0.5) is 29.0 Å². The maximum absolute atomic E-state index is 12.9. The highest BCUT2D eigenvalue weighted by atomic mass is 16.6. The van der Waals surface area contributed by atoms with E-state index in [2.05, 4.69) is 9.97 Å². The molecule has 35 heavy (non-hydrogen) atoms. The molecule has 2 aliphatic rings. The molecule has 0 bridgehead atoms. The van der Waals surface area contributed by atoms with Crippen LogP contribution < -0.4 is 15.5 Å². The summed E-state index contributed by atoms with van der Waals surface area (Å²) in [6.45, 7) is 0. The van der Waals surface area contributed by atoms with Crippen LogP contribution in [0, 0.1) is 20.2 Å². The summed E-state index contributed by atoms with van der Waals surface area (Å²) in [5.74, 6) is -4.93. The molecule has 0 unspecified atom stereocenters. The lowest BCUT2D eigenvalue weighted by atomic mass is 10.1. The van der Waals surface area contributed by atoms with Crippen molar-refractivity contribution in [3.63, 3.8) is 0 Å². The molecule has 2 N–H and O–H groups in total. The lowest BCUT2D eigenvalue weighted by Crippen LogP contribution is -2.34. The van der Waals surface area contributed by atoms with Crippen molar-refractivity contribution in [1.29, 1.82) is 0 Å². The Hall–Kier alpha value is -5.60. The van der Waals surface area contributed by atoms with Gasteiger partial charge in [-0.25, -0.2) is 9.80 Å². The zero-order valence-electron chi connectivity index (χ0n) is 17.1. The van der Waals surface area contributed by atoms with Crippen molar-refractivity contribution in [2.75, 3.05) is 15.5 Å². The van der Waals surface area contributed by atoms with E-state index in [1.54, 1.807) is 0 Å². The number of amides is 4. The quantitative estimate of drug-likeness (QED) is 0.324. The van der Waals surface area contributed by atoms with Crippen LogP contribution in [0.3, 0.4) is 0 Å². The number of benzene rings is 2. The second kappa shape index (κ2) is 7.20. The normalized spacial score (nSPS) is 14.4. The molecule has 0 saturated heterocycles. The molecule has 15 nitrogen and oxygen atoms in total. The minimum atomic E-state index is -0.969. The first-order valence-corrected chi connectivity index (χ1v) is 9.57. The number of nitro groups is 2. The van der Waals surface area contributed by atoms with Gasteiger partial charge < -0.3 is 5.73 Å². The number of nitrogens with two attached hydrogens (primary N) is 1. The monoisotopic (exact) mass is 475 g/mol. The number of anilines is 3. The molecule has 5 rings (SSSR count). The summed E-state index contributed by atoms with van der Waals surface area (Å²) in [5.41, 5.74) is 4.21. The minimum absolute atomic E-state index is 0.118. The van der Waals surface area contributed by atoms with E-state index in [1.165, 1.54) is 0 Å². The molecule has 1 aromatic heterocycles. The maximum atomic E-state index is 12.9. The molecule has 4 amide bonds. The van der Waals surface area contributed by atoms with Crippen molar-refractivity contribution in [2.45, 2.75) is 0 Å². The van der Waals surface area contributed by atoms with E-state index in [-0.39, 0.29) is 33.9 Å². The lowest BCUT2D eigenvalue weighted by molar-refractivity contribution is -0.385. The number of imide groups is 2. The van der Waals surface area contributed by atoms with Gasteiger partial charge in [-0.1, -0.05) is 0 Å². The number of rotatable bonds is 4. The van der Waals surface area contributed by atoms with Gasteiger partial charge in [0, 0.05) is 30.3 Å². The van der Waals surface area contributed by atoms with E-state index in [4.69, 9.17) is 5.73 Å². The molecule has 3 heterocycles. The van der Waals surface area contributed by atoms with E-state index in [9.17, 15) is 39.4 Å². The average Bonchev–Trinajstić information content (AvgIpc) is 3.22. The highest BCUT2D eigenvalue weighted by molar-refractivity contribution is 6.35. The van der Waals surface area contributed by atoms with Crippen molar-refractivity contribution < 1.29 is 29.0 Å². The van der Waals surface area contributed by atoms with Gasteiger partial charge in [-0.05, 0) is 12.1 Å². The zero-order chi connectivity index (χ0) is 25.2. The van der Waals surface area contributed by atoms with Gasteiger partial charge in [0.2, 0.25) is 5.95 Å². The van der Waals surface area contributed by atoms with Crippen LogP contribution in [0.25, 0.3) is 0 Å². The van der Waals surface area contributed by atoms with Gasteiger partial charge in [-0.3, -0.25) is 39.4 Å². The number of carbonyl (C=O) groups is 4. The first kappa shape index (κ1) is 21.3. The lowest BCUT2D eigenvalue weighted by Gasteiger charge is -2.17. The van der Waals surface area contributed by atoms with Crippen molar-refractivity contribution in [3.05, 3.63) is 84.9 Å². The predicted octanol–water partition coefficient (Wildman–Crippen LogP) is 1.48. The number of nitrogen functional groups attached to an aromatic ring is 1. The van der Waals surface area contributed by atoms with Crippen LogP contribution in [-0.2, 0) is 0 Å². The number of carbonyl (C=O) groups excluding carboxylic acids is 4. The Kier molecular flexibility index (Phi) is 4.38. The third-order valence-electron chi connectivity index (χ3n) is 5.31. The molecule has 3 aromatic rings. The van der Waals surface area contributed by atoms with E-state index in [0.29, 0.717) is 9.80 Å². The van der Waals surface area contributed by atoms with Gasteiger partial charge in [0.25, 0.3) is 35.0 Å². The number of nitrogens with zero attached hydrogens (tertiary/aromatic N) is 6. The standard InChI is InChI=1S/C20H9N7O8/c21-14-7-15(24-16(28)10-3-1-8(26(32)33)5-12(10)18(24)30)23-20(22-14)25-17(29)11-4-2-9(27(34)35)6-13(11)19(25)31/h1-7H,(H2,21,22,23). The molecule has 15 heteroatoms. The van der Waals surface area contributed by atoms with Crippen molar-refractivity contribution in [1.82, 2.24) is 9.97 Å². The minimum Gasteiger partial charge on any atom is -0.383 e. The Bertz CT molecular complexity index is 1460. The van der Waals surface area contributed by atoms with Gasteiger partial charge >= 0.3 is 0 Å². The first-order chi connectivity index (χ1) is 16.6. The van der Waals surface area contributed by atoms with Crippen LogP contribution in [0.5, 0.6) is 0 Å². The molecule has 0 fully saturated rings. The highest BCUT2D eigenvalue weighted by Gasteiger charge is 2.42. The predicted molar refractivity (Wildman–Crippen MR) is 115 cm³/mol. The molecule has 0 atom stereocenters. The summed E-state index contributed by atoms with van der Waals surface area (Å²) >= 11 is 0. The summed E-state index contributed by atoms with van der Waals surface area (Å²) in [5, 5.41) is 22.1. The van der Waals surface area contributed by atoms with E-state index in [0.717, 1.165) is 42.5 Å². The van der Waals surface area contributed by atoms with Gasteiger partial charge in [0.1, 0.15) is 5.82 Å². The number of fused-ring (bicyclic) bond motifs is 2. The molecule has 0 aliphatic carbocycles. The van der Waals surface area contributed by atoms with Gasteiger partial charge in [-0.2, -0.15) is 9.97 Å². The van der Waals surface area contributed by atoms with Gasteiger partial charge in [0.05, 0.1) is 32.1 Å². The average molecular weight is 475 g/mol. The SMILES string of the molecule is Nc1cc(N2C(=O)c3ccc([N+](=O)[O-])cc3C2=O)nc(N2C(=O)c3ccc([N+](=O)[O-])cc3C2=O)n1. The topological polar surface area (TPSA) is 213 Å². The second-order valence-corrected chi connectivity index (χ2v) is 7.32. The summed E-state index contributed by atoms with van der Waals surface area (Å²) in [4.78, 5) is 81.0. The van der Waals surface area contributed by atoms with Crippen LogP contribution in [0.1, 0.15) is 41.4 Å². The van der Waals surface area contributed by atoms with Crippen LogP contribution >= 0.6 is 0 Å².